The second-order valence-corrected chi connectivity index (χ2v) is 8.67. The van der Waals surface area contributed by atoms with Gasteiger partial charge in [0.05, 0.1) is 24.6 Å². The van der Waals surface area contributed by atoms with Crippen molar-refractivity contribution in [2.75, 3.05) is 19.8 Å². The Morgan fingerprint density at radius 3 is 2.64 bits per heavy atom. The van der Waals surface area contributed by atoms with Crippen LogP contribution in [0.4, 0.5) is 0 Å². The molecule has 2 rings (SSSR count). The van der Waals surface area contributed by atoms with E-state index < -0.39 is 16.1 Å². The Balaban J connectivity index is 2.20. The number of hydrogen-bond donors (Lipinski definition) is 2. The molecule has 0 bridgehead atoms. The van der Waals surface area contributed by atoms with Crippen LogP contribution in [0.2, 0.25) is 0 Å². The molecule has 2 aromatic rings. The van der Waals surface area contributed by atoms with Gasteiger partial charge in [-0.25, -0.2) is 13.1 Å². The van der Waals surface area contributed by atoms with Crippen molar-refractivity contribution in [2.45, 2.75) is 44.7 Å². The van der Waals surface area contributed by atoms with E-state index in [1.54, 1.807) is 18.5 Å². The van der Waals surface area contributed by atoms with Crippen LogP contribution in [0, 0.1) is 13.8 Å². The van der Waals surface area contributed by atoms with Gasteiger partial charge in [-0.2, -0.15) is 5.10 Å². The van der Waals surface area contributed by atoms with Crippen molar-refractivity contribution in [2.24, 2.45) is 0 Å². The summed E-state index contributed by atoms with van der Waals surface area (Å²) in [6, 6.07) is 3.84. The third kappa shape index (κ3) is 4.68. The van der Waals surface area contributed by atoms with Gasteiger partial charge in [0.2, 0.25) is 10.0 Å². The molecule has 0 spiro atoms. The molecule has 2 N–H and O–H groups in total. The Kier molecular flexibility index (Phi) is 6.75. The molecule has 0 aromatic carbocycles. The summed E-state index contributed by atoms with van der Waals surface area (Å²) >= 11 is 1.48. The van der Waals surface area contributed by atoms with Crippen molar-refractivity contribution < 1.29 is 18.3 Å². The van der Waals surface area contributed by atoms with Crippen LogP contribution in [0.25, 0.3) is 0 Å². The zero-order valence-corrected chi connectivity index (χ0v) is 16.5. The first-order chi connectivity index (χ1) is 11.8. The molecule has 0 saturated heterocycles. The molecule has 0 aliphatic rings. The molecule has 7 nitrogen and oxygen atoms in total. The fourth-order valence-electron chi connectivity index (χ4n) is 2.71. The third-order valence-corrected chi connectivity index (χ3v) is 6.39. The first kappa shape index (κ1) is 20.1. The largest absolute Gasteiger partial charge is 0.394 e. The van der Waals surface area contributed by atoms with Crippen LogP contribution in [0.15, 0.2) is 22.4 Å². The Labute approximate surface area is 152 Å². The number of nitrogens with one attached hydrogen (secondary N) is 1. The van der Waals surface area contributed by atoms with Crippen LogP contribution < -0.4 is 4.72 Å². The van der Waals surface area contributed by atoms with E-state index in [2.05, 4.69) is 9.82 Å². The molecule has 1 atom stereocenters. The summed E-state index contributed by atoms with van der Waals surface area (Å²) in [7, 11) is -3.72. The standard InChI is InChI=1S/C16H25N3O4S2/c1-11(2)19-13(4)16(12(3)18-19)25(21,22)17-10-14(23-8-7-20)15-6-5-9-24-15/h5-6,9,11,14,17,20H,7-8,10H2,1-4H3. The van der Waals surface area contributed by atoms with E-state index in [4.69, 9.17) is 9.84 Å². The number of aryl methyl sites for hydroxylation is 1. The van der Waals surface area contributed by atoms with Gasteiger partial charge in [0, 0.05) is 17.5 Å². The maximum absolute atomic E-state index is 12.8. The molecule has 2 aromatic heterocycles. The zero-order chi connectivity index (χ0) is 18.6. The van der Waals surface area contributed by atoms with Gasteiger partial charge in [0.1, 0.15) is 11.0 Å². The molecule has 0 aliphatic carbocycles. The van der Waals surface area contributed by atoms with Crippen molar-refractivity contribution in [3.63, 3.8) is 0 Å². The second-order valence-electron chi connectivity index (χ2n) is 5.99. The van der Waals surface area contributed by atoms with Crippen LogP contribution in [0.3, 0.4) is 0 Å². The minimum Gasteiger partial charge on any atom is -0.394 e. The summed E-state index contributed by atoms with van der Waals surface area (Å²) in [5.74, 6) is 0. The van der Waals surface area contributed by atoms with Gasteiger partial charge in [-0.1, -0.05) is 6.07 Å². The van der Waals surface area contributed by atoms with Crippen LogP contribution in [-0.2, 0) is 14.8 Å². The molecular weight excluding hydrogens is 362 g/mol. The highest BCUT2D eigenvalue weighted by Gasteiger charge is 2.26. The quantitative estimate of drug-likeness (QED) is 0.688. The normalized spacial score (nSPS) is 13.5. The number of rotatable bonds is 9. The first-order valence-electron chi connectivity index (χ1n) is 8.09. The SMILES string of the molecule is Cc1nn(C(C)C)c(C)c1S(=O)(=O)NCC(OCCO)c1cccs1. The second kappa shape index (κ2) is 8.41. The molecular formula is C16H25N3O4S2. The van der Waals surface area contributed by atoms with Gasteiger partial charge in [-0.15, -0.1) is 11.3 Å². The Bertz CT molecular complexity index is 783. The maximum atomic E-state index is 12.8. The maximum Gasteiger partial charge on any atom is 0.244 e. The van der Waals surface area contributed by atoms with E-state index in [-0.39, 0.29) is 30.7 Å². The fourth-order valence-corrected chi connectivity index (χ4v) is 4.91. The van der Waals surface area contributed by atoms with Crippen LogP contribution >= 0.6 is 11.3 Å². The van der Waals surface area contributed by atoms with Gasteiger partial charge < -0.3 is 9.84 Å². The van der Waals surface area contributed by atoms with Crippen molar-refractivity contribution in [1.29, 1.82) is 0 Å². The van der Waals surface area contributed by atoms with Crippen LogP contribution in [-0.4, -0.2) is 43.1 Å². The lowest BCUT2D eigenvalue weighted by Gasteiger charge is -2.17. The van der Waals surface area contributed by atoms with Crippen molar-refractivity contribution in [3.8, 4) is 0 Å². The lowest BCUT2D eigenvalue weighted by Crippen LogP contribution is -2.30. The number of hydrogen-bond acceptors (Lipinski definition) is 6. The highest BCUT2D eigenvalue weighted by atomic mass is 32.2. The molecule has 0 fully saturated rings. The van der Waals surface area contributed by atoms with E-state index in [0.29, 0.717) is 11.4 Å². The fraction of sp³-hybridized carbons (Fsp3) is 0.562. The predicted octanol–water partition coefficient (Wildman–Crippen LogP) is 2.17. The number of thiophene rings is 1. The zero-order valence-electron chi connectivity index (χ0n) is 14.9. The average Bonchev–Trinajstić information content (AvgIpc) is 3.15. The first-order valence-corrected chi connectivity index (χ1v) is 10.5. The Hall–Kier alpha value is -1.26. The lowest BCUT2D eigenvalue weighted by molar-refractivity contribution is 0.0328. The Morgan fingerprint density at radius 1 is 1.40 bits per heavy atom. The van der Waals surface area contributed by atoms with Crippen LogP contribution in [0.1, 0.15) is 42.3 Å². The molecule has 0 radical (unpaired) electrons. The summed E-state index contributed by atoms with van der Waals surface area (Å²) < 4.78 is 35.5. The molecule has 2 heterocycles. The third-order valence-electron chi connectivity index (χ3n) is 3.75. The average molecular weight is 388 g/mol. The molecule has 25 heavy (non-hydrogen) atoms. The highest BCUT2D eigenvalue weighted by molar-refractivity contribution is 7.89. The summed E-state index contributed by atoms with van der Waals surface area (Å²) in [5.41, 5.74) is 1.09. The topological polar surface area (TPSA) is 93.5 Å². The monoisotopic (exact) mass is 387 g/mol. The predicted molar refractivity (Wildman–Crippen MR) is 97.4 cm³/mol. The smallest absolute Gasteiger partial charge is 0.244 e. The lowest BCUT2D eigenvalue weighted by atomic mass is 10.3. The minimum absolute atomic E-state index is 0.0782. The molecule has 9 heteroatoms. The summed E-state index contributed by atoms with van der Waals surface area (Å²) in [5, 5.41) is 15.2. The van der Waals surface area contributed by atoms with E-state index in [0.717, 1.165) is 4.88 Å². The van der Waals surface area contributed by atoms with Crippen LogP contribution in [0.5, 0.6) is 0 Å². The number of nitrogens with zero attached hydrogens (tertiary/aromatic N) is 2. The van der Waals surface area contributed by atoms with E-state index in [1.165, 1.54) is 11.3 Å². The van der Waals surface area contributed by atoms with E-state index in [1.807, 2.05) is 31.4 Å². The number of aliphatic hydroxyl groups is 1. The number of aromatic nitrogens is 2. The van der Waals surface area contributed by atoms with Crippen molar-refractivity contribution in [3.05, 3.63) is 33.8 Å². The minimum atomic E-state index is -3.72. The number of aliphatic hydroxyl groups excluding tert-OH is 1. The van der Waals surface area contributed by atoms with Gasteiger partial charge in [-0.3, -0.25) is 4.68 Å². The summed E-state index contributed by atoms with van der Waals surface area (Å²) in [6.07, 6.45) is -0.442. The van der Waals surface area contributed by atoms with Gasteiger partial charge in [0.25, 0.3) is 0 Å². The summed E-state index contributed by atoms with van der Waals surface area (Å²) in [4.78, 5) is 1.12. The molecule has 140 valence electrons. The molecule has 0 aliphatic heterocycles. The van der Waals surface area contributed by atoms with E-state index in [9.17, 15) is 8.42 Å². The number of ether oxygens (including phenoxy) is 1. The van der Waals surface area contributed by atoms with Gasteiger partial charge in [0.15, 0.2) is 0 Å². The van der Waals surface area contributed by atoms with Crippen molar-refractivity contribution in [1.82, 2.24) is 14.5 Å². The number of sulfonamides is 1. The highest BCUT2D eigenvalue weighted by Crippen LogP contribution is 2.25. The van der Waals surface area contributed by atoms with Gasteiger partial charge in [-0.05, 0) is 39.1 Å². The molecule has 0 saturated carbocycles. The summed E-state index contributed by atoms with van der Waals surface area (Å²) in [6.45, 7) is 7.49. The molecule has 0 amide bonds. The molecule has 1 unspecified atom stereocenters. The Morgan fingerprint density at radius 2 is 2.12 bits per heavy atom. The van der Waals surface area contributed by atoms with E-state index >= 15 is 0 Å². The van der Waals surface area contributed by atoms with Gasteiger partial charge >= 0.3 is 0 Å². The van der Waals surface area contributed by atoms with Crippen molar-refractivity contribution >= 4 is 21.4 Å².